The van der Waals surface area contributed by atoms with Crippen LogP contribution >= 0.6 is 0 Å². The summed E-state index contributed by atoms with van der Waals surface area (Å²) in [6.07, 6.45) is 1.42. The van der Waals surface area contributed by atoms with Gasteiger partial charge < -0.3 is 14.0 Å². The van der Waals surface area contributed by atoms with Crippen LogP contribution < -0.4 is 5.43 Å². The molecular weight excluding hydrogens is 312 g/mol. The summed E-state index contributed by atoms with van der Waals surface area (Å²) in [5.74, 6) is -1.64. The van der Waals surface area contributed by atoms with Crippen molar-refractivity contribution in [2.45, 2.75) is 34.2 Å². The number of esters is 2. The Kier molecular flexibility index (Phi) is 5.33. The number of carbonyl (C=O) groups excluding carboxylic acids is 2. The van der Waals surface area contributed by atoms with Crippen LogP contribution in [0.2, 0.25) is 0 Å². The van der Waals surface area contributed by atoms with Crippen molar-refractivity contribution in [1.29, 1.82) is 0 Å². The van der Waals surface area contributed by atoms with Gasteiger partial charge in [0.25, 0.3) is 0 Å². The van der Waals surface area contributed by atoms with Gasteiger partial charge in [0.05, 0.1) is 11.3 Å². The second kappa shape index (κ2) is 7.25. The largest absolute Gasteiger partial charge is 0.428 e. The fourth-order valence-electron chi connectivity index (χ4n) is 2.13. The lowest BCUT2D eigenvalue weighted by Crippen LogP contribution is -2.23. The summed E-state index contributed by atoms with van der Waals surface area (Å²) in [7, 11) is 0. The normalized spacial score (nSPS) is 10.9. The Hall–Kier alpha value is -2.70. The van der Waals surface area contributed by atoms with E-state index in [0.717, 1.165) is 5.69 Å². The van der Waals surface area contributed by atoms with Crippen LogP contribution in [-0.4, -0.2) is 28.3 Å². The van der Waals surface area contributed by atoms with E-state index in [4.69, 9.17) is 9.47 Å². The van der Waals surface area contributed by atoms with Gasteiger partial charge in [0.15, 0.2) is 0 Å². The predicted octanol–water partition coefficient (Wildman–Crippen LogP) is 2.04. The zero-order valence-corrected chi connectivity index (χ0v) is 14.2. The molecule has 0 aliphatic rings. The van der Waals surface area contributed by atoms with Crippen molar-refractivity contribution in [1.82, 2.24) is 9.55 Å². The molecule has 24 heavy (non-hydrogen) atoms. The van der Waals surface area contributed by atoms with E-state index in [2.05, 4.69) is 4.98 Å². The fraction of sp³-hybridized carbons (Fsp3) is 0.412. The third-order valence-electron chi connectivity index (χ3n) is 3.48. The molecule has 0 saturated carbocycles. The zero-order chi connectivity index (χ0) is 17.9. The first-order valence-electron chi connectivity index (χ1n) is 7.69. The summed E-state index contributed by atoms with van der Waals surface area (Å²) in [6, 6.07) is 3.35. The Labute approximate surface area is 139 Å². The number of fused-ring (bicyclic) bond motifs is 1. The van der Waals surface area contributed by atoms with Gasteiger partial charge in [-0.2, -0.15) is 0 Å². The molecule has 128 valence electrons. The maximum atomic E-state index is 12.5. The molecule has 0 bridgehead atoms. The average molecular weight is 332 g/mol. The number of nitrogens with zero attached hydrogens (tertiary/aromatic N) is 2. The van der Waals surface area contributed by atoms with Gasteiger partial charge in [-0.3, -0.25) is 9.59 Å². The molecule has 0 fully saturated rings. The highest BCUT2D eigenvalue weighted by atomic mass is 16.7. The first-order valence-corrected chi connectivity index (χ1v) is 7.69. The minimum Gasteiger partial charge on any atom is -0.428 e. The summed E-state index contributed by atoms with van der Waals surface area (Å²) < 4.78 is 11.4. The van der Waals surface area contributed by atoms with E-state index in [0.29, 0.717) is 17.6 Å². The van der Waals surface area contributed by atoms with Crippen molar-refractivity contribution >= 4 is 23.0 Å². The van der Waals surface area contributed by atoms with Crippen molar-refractivity contribution in [3.8, 4) is 0 Å². The van der Waals surface area contributed by atoms with Crippen LogP contribution in [0.15, 0.2) is 23.1 Å². The quantitative estimate of drug-likeness (QED) is 0.615. The molecule has 0 spiro atoms. The fourth-order valence-corrected chi connectivity index (χ4v) is 2.13. The number of rotatable bonds is 5. The minimum absolute atomic E-state index is 0.115. The molecular formula is C17H20N2O5. The lowest BCUT2D eigenvalue weighted by atomic mass is 10.2. The highest BCUT2D eigenvalue weighted by Gasteiger charge is 2.18. The highest BCUT2D eigenvalue weighted by molar-refractivity contribution is 5.93. The van der Waals surface area contributed by atoms with E-state index in [1.807, 2.05) is 13.8 Å². The smallest absolute Gasteiger partial charge is 0.346 e. The third-order valence-corrected chi connectivity index (χ3v) is 3.48. The van der Waals surface area contributed by atoms with Crippen LogP contribution in [0.3, 0.4) is 0 Å². The highest BCUT2D eigenvalue weighted by Crippen LogP contribution is 2.11. The van der Waals surface area contributed by atoms with Crippen molar-refractivity contribution in [3.63, 3.8) is 0 Å². The van der Waals surface area contributed by atoms with Crippen LogP contribution in [0, 0.1) is 12.8 Å². The molecule has 0 unspecified atom stereocenters. The maximum absolute atomic E-state index is 12.5. The molecule has 0 saturated heterocycles. The van der Waals surface area contributed by atoms with E-state index in [-0.39, 0.29) is 11.5 Å². The molecule has 2 aromatic heterocycles. The molecule has 0 aliphatic carbocycles. The van der Waals surface area contributed by atoms with Crippen molar-refractivity contribution in [2.75, 3.05) is 6.79 Å². The van der Waals surface area contributed by atoms with Crippen molar-refractivity contribution in [3.05, 3.63) is 39.8 Å². The first kappa shape index (κ1) is 17.7. The molecule has 7 heteroatoms. The van der Waals surface area contributed by atoms with Gasteiger partial charge in [0, 0.05) is 18.4 Å². The molecule has 0 aromatic carbocycles. The number of hydrogen-bond donors (Lipinski definition) is 0. The SMILES string of the molecule is CCn1cc(C(=O)OCOC(=O)C(C)C)c(=O)c2ccc(C)nc21. The monoisotopic (exact) mass is 332 g/mol. The zero-order valence-electron chi connectivity index (χ0n) is 14.2. The Balaban J connectivity index is 2.30. The van der Waals surface area contributed by atoms with Crippen LogP contribution in [0.4, 0.5) is 0 Å². The summed E-state index contributed by atoms with van der Waals surface area (Å²) in [5, 5.41) is 0.344. The molecule has 0 N–H and O–H groups in total. The van der Waals surface area contributed by atoms with E-state index in [9.17, 15) is 14.4 Å². The number of ether oxygens (including phenoxy) is 2. The number of pyridine rings is 2. The summed E-state index contributed by atoms with van der Waals surface area (Å²) in [6.45, 7) is 7.06. The van der Waals surface area contributed by atoms with E-state index in [1.165, 1.54) is 6.20 Å². The number of aromatic nitrogens is 2. The third kappa shape index (κ3) is 3.61. The maximum Gasteiger partial charge on any atom is 0.346 e. The van der Waals surface area contributed by atoms with E-state index in [1.54, 1.807) is 30.5 Å². The van der Waals surface area contributed by atoms with Crippen LogP contribution in [0.1, 0.15) is 36.8 Å². The molecule has 2 rings (SSSR count). The molecule has 0 atom stereocenters. The van der Waals surface area contributed by atoms with E-state index < -0.39 is 24.2 Å². The Morgan fingerprint density at radius 1 is 1.25 bits per heavy atom. The predicted molar refractivity (Wildman–Crippen MR) is 87.6 cm³/mol. The minimum atomic E-state index is -0.832. The topological polar surface area (TPSA) is 87.5 Å². The second-order valence-corrected chi connectivity index (χ2v) is 5.65. The lowest BCUT2D eigenvalue weighted by Gasteiger charge is -2.11. The van der Waals surface area contributed by atoms with Gasteiger partial charge in [-0.1, -0.05) is 13.8 Å². The lowest BCUT2D eigenvalue weighted by molar-refractivity contribution is -0.155. The summed E-state index contributed by atoms with van der Waals surface area (Å²) >= 11 is 0. The number of hydrogen-bond acceptors (Lipinski definition) is 6. The Morgan fingerprint density at radius 3 is 2.58 bits per heavy atom. The van der Waals surface area contributed by atoms with Gasteiger partial charge >= 0.3 is 11.9 Å². The van der Waals surface area contributed by atoms with Crippen molar-refractivity contribution < 1.29 is 19.1 Å². The molecule has 0 aliphatic heterocycles. The van der Waals surface area contributed by atoms with Gasteiger partial charge in [-0.15, -0.1) is 0 Å². The van der Waals surface area contributed by atoms with Gasteiger partial charge in [-0.25, -0.2) is 9.78 Å². The second-order valence-electron chi connectivity index (χ2n) is 5.65. The summed E-state index contributed by atoms with van der Waals surface area (Å²) in [4.78, 5) is 40.3. The molecule has 2 heterocycles. The van der Waals surface area contributed by atoms with Gasteiger partial charge in [0.1, 0.15) is 11.2 Å². The molecule has 0 amide bonds. The van der Waals surface area contributed by atoms with Crippen molar-refractivity contribution in [2.24, 2.45) is 5.92 Å². The molecule has 2 aromatic rings. The number of aryl methyl sites for hydroxylation is 2. The number of carbonyl (C=O) groups is 2. The van der Waals surface area contributed by atoms with Crippen LogP contribution in [0.5, 0.6) is 0 Å². The standard InChI is InChI=1S/C17H20N2O5/c1-5-19-8-13(17(22)24-9-23-16(21)10(2)3)14(20)12-7-6-11(4)18-15(12)19/h6-8,10H,5,9H2,1-4H3. The van der Waals surface area contributed by atoms with Crippen LogP contribution in [-0.2, 0) is 20.8 Å². The Morgan fingerprint density at radius 2 is 1.96 bits per heavy atom. The molecule has 0 radical (unpaired) electrons. The average Bonchev–Trinajstić information content (AvgIpc) is 2.54. The van der Waals surface area contributed by atoms with Gasteiger partial charge in [0.2, 0.25) is 12.2 Å². The summed E-state index contributed by atoms with van der Waals surface area (Å²) in [5.41, 5.74) is 0.725. The Bertz CT molecular complexity index is 839. The van der Waals surface area contributed by atoms with Gasteiger partial charge in [-0.05, 0) is 26.0 Å². The van der Waals surface area contributed by atoms with Crippen LogP contribution in [0.25, 0.3) is 11.0 Å². The first-order chi connectivity index (χ1) is 11.3. The molecule has 7 nitrogen and oxygen atoms in total. The van der Waals surface area contributed by atoms with E-state index >= 15 is 0 Å².